The maximum absolute atomic E-state index is 13.7. The van der Waals surface area contributed by atoms with Crippen LogP contribution in [0.15, 0.2) is 42.5 Å². The van der Waals surface area contributed by atoms with Crippen molar-refractivity contribution in [2.75, 3.05) is 13.1 Å². The highest BCUT2D eigenvalue weighted by Crippen LogP contribution is 2.33. The van der Waals surface area contributed by atoms with Gasteiger partial charge in [-0.2, -0.15) is 0 Å². The molecule has 3 heterocycles. The number of urea groups is 1. The number of carbonyl (C=O) groups is 4. The van der Waals surface area contributed by atoms with E-state index in [1.54, 1.807) is 42.2 Å². The molecule has 35 heavy (non-hydrogen) atoms. The molecule has 2 fully saturated rings. The van der Waals surface area contributed by atoms with E-state index in [4.69, 9.17) is 0 Å². The van der Waals surface area contributed by atoms with Crippen LogP contribution in [-0.2, 0) is 27.3 Å². The molecule has 1 spiro atoms. The monoisotopic (exact) mass is 478 g/mol. The van der Waals surface area contributed by atoms with E-state index < -0.39 is 29.4 Å². The molecule has 182 valence electrons. The lowest BCUT2D eigenvalue weighted by Gasteiger charge is -2.39. The molecule has 10 nitrogen and oxygen atoms in total. The molecule has 0 radical (unpaired) electrons. The number of likely N-dealkylation sites (tertiary alicyclic amines) is 1. The third kappa shape index (κ3) is 3.94. The van der Waals surface area contributed by atoms with Crippen molar-refractivity contribution in [1.29, 1.82) is 0 Å². The standard InChI is InChI=1S/C25H26N4O6/c1-14(15-2-5-18(30)6-3-15)21(32)29-12-16-4-7-19(31)10-17(16)11-20(29)22(33)28-9-8-25(13-28)23(34)26-24(35)27-25/h2-7,10,14,20,30-31H,8-9,11-13H2,1H3,(H2,26,27,34,35). The smallest absolute Gasteiger partial charge is 0.322 e. The predicted molar refractivity (Wildman–Crippen MR) is 123 cm³/mol. The summed E-state index contributed by atoms with van der Waals surface area (Å²) < 4.78 is 0. The molecule has 3 aliphatic rings. The Balaban J connectivity index is 1.44. The van der Waals surface area contributed by atoms with E-state index in [9.17, 15) is 29.4 Å². The van der Waals surface area contributed by atoms with E-state index in [0.717, 1.165) is 11.1 Å². The number of benzene rings is 2. The van der Waals surface area contributed by atoms with Crippen LogP contribution >= 0.6 is 0 Å². The quantitative estimate of drug-likeness (QED) is 0.485. The number of phenols is 2. The van der Waals surface area contributed by atoms with Crippen LogP contribution in [0.2, 0.25) is 0 Å². The van der Waals surface area contributed by atoms with Gasteiger partial charge in [-0.1, -0.05) is 18.2 Å². The Kier molecular flexibility index (Phi) is 5.38. The van der Waals surface area contributed by atoms with E-state index in [0.29, 0.717) is 5.56 Å². The fraction of sp³-hybridized carbons (Fsp3) is 0.360. The maximum Gasteiger partial charge on any atom is 0.322 e. The molecular formula is C25H26N4O6. The van der Waals surface area contributed by atoms with E-state index in [-0.39, 0.29) is 55.8 Å². The number of amides is 5. The summed E-state index contributed by atoms with van der Waals surface area (Å²) in [6.07, 6.45) is 0.511. The highest BCUT2D eigenvalue weighted by molar-refractivity contribution is 6.07. The van der Waals surface area contributed by atoms with Gasteiger partial charge in [-0.05, 0) is 54.3 Å². The number of hydrogen-bond donors (Lipinski definition) is 4. The van der Waals surface area contributed by atoms with E-state index in [1.165, 1.54) is 17.0 Å². The molecule has 2 aromatic carbocycles. The zero-order valence-corrected chi connectivity index (χ0v) is 19.2. The van der Waals surface area contributed by atoms with Crippen molar-refractivity contribution in [3.8, 4) is 11.5 Å². The zero-order chi connectivity index (χ0) is 24.9. The zero-order valence-electron chi connectivity index (χ0n) is 19.2. The van der Waals surface area contributed by atoms with Crippen molar-refractivity contribution in [2.24, 2.45) is 0 Å². The number of aromatic hydroxyl groups is 2. The molecule has 3 aliphatic heterocycles. The van der Waals surface area contributed by atoms with Crippen molar-refractivity contribution in [3.63, 3.8) is 0 Å². The molecule has 3 unspecified atom stereocenters. The Labute approximate surface area is 201 Å². The van der Waals surface area contributed by atoms with Gasteiger partial charge in [0, 0.05) is 19.5 Å². The van der Waals surface area contributed by atoms with Gasteiger partial charge in [0.2, 0.25) is 11.8 Å². The van der Waals surface area contributed by atoms with Crippen LogP contribution in [0.5, 0.6) is 11.5 Å². The minimum Gasteiger partial charge on any atom is -0.508 e. The summed E-state index contributed by atoms with van der Waals surface area (Å²) in [5, 5.41) is 24.4. The summed E-state index contributed by atoms with van der Waals surface area (Å²) >= 11 is 0. The van der Waals surface area contributed by atoms with Crippen molar-refractivity contribution in [2.45, 2.75) is 43.8 Å². The summed E-state index contributed by atoms with van der Waals surface area (Å²) in [4.78, 5) is 54.5. The van der Waals surface area contributed by atoms with Crippen LogP contribution in [0.4, 0.5) is 4.79 Å². The van der Waals surface area contributed by atoms with Crippen LogP contribution in [0.25, 0.3) is 0 Å². The molecule has 0 aliphatic carbocycles. The fourth-order valence-electron chi connectivity index (χ4n) is 5.20. The highest BCUT2D eigenvalue weighted by atomic mass is 16.3. The molecular weight excluding hydrogens is 452 g/mol. The van der Waals surface area contributed by atoms with E-state index in [2.05, 4.69) is 10.6 Å². The molecule has 0 bridgehead atoms. The average Bonchev–Trinajstić information content (AvgIpc) is 3.39. The SMILES string of the molecule is CC(C(=O)N1Cc2ccc(O)cc2CC1C(=O)N1CCC2(C1)NC(=O)NC2=O)c1ccc(O)cc1. The van der Waals surface area contributed by atoms with Crippen molar-refractivity contribution in [3.05, 3.63) is 59.2 Å². The summed E-state index contributed by atoms with van der Waals surface area (Å²) in [5.74, 6) is -1.39. The van der Waals surface area contributed by atoms with Crippen LogP contribution in [0.3, 0.4) is 0 Å². The van der Waals surface area contributed by atoms with Gasteiger partial charge in [0.05, 0.1) is 12.5 Å². The molecule has 3 atom stereocenters. The Morgan fingerprint density at radius 3 is 2.46 bits per heavy atom. The molecule has 5 amide bonds. The van der Waals surface area contributed by atoms with Crippen molar-refractivity contribution >= 4 is 23.8 Å². The number of nitrogens with one attached hydrogen (secondary N) is 2. The first-order valence-corrected chi connectivity index (χ1v) is 11.5. The third-order valence-electron chi connectivity index (χ3n) is 7.25. The number of fused-ring (bicyclic) bond motifs is 1. The fourth-order valence-corrected chi connectivity index (χ4v) is 5.20. The molecule has 4 N–H and O–H groups in total. The molecule has 10 heteroatoms. The van der Waals surface area contributed by atoms with Crippen LogP contribution in [0, 0.1) is 0 Å². The van der Waals surface area contributed by atoms with Gasteiger partial charge < -0.3 is 25.3 Å². The first-order chi connectivity index (χ1) is 16.7. The summed E-state index contributed by atoms with van der Waals surface area (Å²) in [6, 6.07) is 9.89. The van der Waals surface area contributed by atoms with Crippen LogP contribution < -0.4 is 10.6 Å². The number of rotatable bonds is 3. The highest BCUT2D eigenvalue weighted by Gasteiger charge is 2.53. The Bertz CT molecular complexity index is 1230. The second-order valence-electron chi connectivity index (χ2n) is 9.45. The Morgan fingerprint density at radius 1 is 1.06 bits per heavy atom. The Hall–Kier alpha value is -4.08. The van der Waals surface area contributed by atoms with E-state index >= 15 is 0 Å². The number of hydrogen-bond acceptors (Lipinski definition) is 6. The number of carbonyl (C=O) groups excluding carboxylic acids is 4. The van der Waals surface area contributed by atoms with E-state index in [1.807, 2.05) is 0 Å². The summed E-state index contributed by atoms with van der Waals surface area (Å²) in [7, 11) is 0. The first-order valence-electron chi connectivity index (χ1n) is 11.5. The number of nitrogens with zero attached hydrogens (tertiary/aromatic N) is 2. The molecule has 0 saturated carbocycles. The normalized spacial score (nSPS) is 24.2. The van der Waals surface area contributed by atoms with Crippen molar-refractivity contribution < 1.29 is 29.4 Å². The van der Waals surface area contributed by atoms with Crippen LogP contribution in [-0.4, -0.2) is 68.4 Å². The lowest BCUT2D eigenvalue weighted by Crippen LogP contribution is -2.56. The van der Waals surface area contributed by atoms with Gasteiger partial charge in [0.25, 0.3) is 5.91 Å². The van der Waals surface area contributed by atoms with Gasteiger partial charge in [-0.25, -0.2) is 4.79 Å². The summed E-state index contributed by atoms with van der Waals surface area (Å²) in [6.45, 7) is 2.25. The van der Waals surface area contributed by atoms with Gasteiger partial charge in [-0.3, -0.25) is 19.7 Å². The first kappa shape index (κ1) is 22.7. The van der Waals surface area contributed by atoms with Gasteiger partial charge in [0.1, 0.15) is 23.1 Å². The van der Waals surface area contributed by atoms with Crippen LogP contribution in [0.1, 0.15) is 36.0 Å². The molecule has 0 aromatic heterocycles. The molecule has 2 aromatic rings. The van der Waals surface area contributed by atoms with Crippen molar-refractivity contribution in [1.82, 2.24) is 20.4 Å². The summed E-state index contributed by atoms with van der Waals surface area (Å²) in [5.41, 5.74) is 1.19. The second-order valence-corrected chi connectivity index (χ2v) is 9.45. The lowest BCUT2D eigenvalue weighted by molar-refractivity contribution is -0.147. The maximum atomic E-state index is 13.7. The van der Waals surface area contributed by atoms with Gasteiger partial charge in [-0.15, -0.1) is 0 Å². The minimum atomic E-state index is -1.15. The predicted octanol–water partition coefficient (Wildman–Crippen LogP) is 0.965. The minimum absolute atomic E-state index is 0.0301. The third-order valence-corrected chi connectivity index (χ3v) is 7.25. The Morgan fingerprint density at radius 2 is 1.77 bits per heavy atom. The number of phenolic OH excluding ortho intramolecular Hbond substituents is 2. The molecule has 5 rings (SSSR count). The van der Waals surface area contributed by atoms with Gasteiger partial charge >= 0.3 is 6.03 Å². The molecule has 2 saturated heterocycles. The number of imide groups is 1. The largest absolute Gasteiger partial charge is 0.508 e. The topological polar surface area (TPSA) is 139 Å². The second kappa shape index (κ2) is 8.30. The lowest BCUT2D eigenvalue weighted by atomic mass is 9.90. The van der Waals surface area contributed by atoms with Gasteiger partial charge in [0.15, 0.2) is 0 Å². The average molecular weight is 479 g/mol.